The molecule has 0 aliphatic heterocycles. The zero-order valence-electron chi connectivity index (χ0n) is 50.5. The van der Waals surface area contributed by atoms with Gasteiger partial charge in [-0.05, 0) is 83.7 Å². The van der Waals surface area contributed by atoms with E-state index in [1.54, 1.807) is 35.7 Å². The van der Waals surface area contributed by atoms with E-state index >= 15 is 0 Å². The largest absolute Gasteiger partial charge is 0.390 e. The Kier molecular flexibility index (Phi) is 29.3. The zero-order valence-corrected chi connectivity index (χ0v) is 53.7. The van der Waals surface area contributed by atoms with Crippen LogP contribution in [0.3, 0.4) is 0 Å². The number of H-pyrrole nitrogens is 1. The third kappa shape index (κ3) is 23.0. The molecule has 8 atom stereocenters. The first-order chi connectivity index (χ1) is 43.2. The summed E-state index contributed by atoms with van der Waals surface area (Å²) < 4.78 is 12.3. The molecule has 7 amide bonds. The van der Waals surface area contributed by atoms with E-state index in [0.717, 1.165) is 51.9 Å². The lowest BCUT2D eigenvalue weighted by molar-refractivity contribution is -0.134. The number of carbonyl (C=O) groups excluding carboxylic acids is 7. The molecule has 29 nitrogen and oxygen atoms in total. The van der Waals surface area contributed by atoms with E-state index in [2.05, 4.69) is 67.5 Å². The highest BCUT2D eigenvalue weighted by atomic mass is 32.2. The summed E-state index contributed by atoms with van der Waals surface area (Å²) in [4.78, 5) is 123. The van der Waals surface area contributed by atoms with Crippen molar-refractivity contribution in [3.63, 3.8) is 0 Å². The Labute approximate surface area is 535 Å². The normalized spacial score (nSPS) is 14.1. The average Bonchev–Trinajstić information content (AvgIpc) is 1.50. The first-order valence-electron chi connectivity index (χ1n) is 29.4. The molecule has 5 aromatic heterocycles. The Hall–Kier alpha value is -7.60. The maximum atomic E-state index is 14.6. The molecule has 0 spiro atoms. The summed E-state index contributed by atoms with van der Waals surface area (Å²) >= 11 is 4.09. The van der Waals surface area contributed by atoms with E-state index in [9.17, 15) is 42.9 Å². The van der Waals surface area contributed by atoms with E-state index in [4.69, 9.17) is 38.6 Å². The van der Waals surface area contributed by atoms with Crippen LogP contribution < -0.4 is 71.2 Å². The Morgan fingerprint density at radius 1 is 0.744 bits per heavy atom. The molecule has 488 valence electrons. The van der Waals surface area contributed by atoms with Crippen molar-refractivity contribution in [1.29, 1.82) is 0 Å². The molecule has 1 aromatic carbocycles. The van der Waals surface area contributed by atoms with Crippen LogP contribution in [0.25, 0.3) is 21.4 Å². The summed E-state index contributed by atoms with van der Waals surface area (Å²) in [5, 5.41) is 43.2. The number of carbonyl (C=O) groups is 7. The molecule has 0 bridgehead atoms. The number of aliphatic hydroxyl groups excluding tert-OH is 1. The predicted octanol–water partition coefficient (Wildman–Crippen LogP) is -0.781. The number of primary amides is 2. The molecular weight excluding hydrogens is 1240 g/mol. The number of unbranched alkanes of at least 4 members (excludes halogenated alkanes) is 1. The van der Waals surface area contributed by atoms with Gasteiger partial charge in [-0.3, -0.25) is 37.8 Å². The van der Waals surface area contributed by atoms with Crippen LogP contribution in [0.4, 0.5) is 5.82 Å². The van der Waals surface area contributed by atoms with Gasteiger partial charge in [-0.2, -0.15) is 0 Å². The lowest BCUT2D eigenvalue weighted by atomic mass is 9.91. The van der Waals surface area contributed by atoms with E-state index < -0.39 is 88.5 Å². The quantitative estimate of drug-likeness (QED) is 0.0209. The average molecular weight is 1320 g/mol. The summed E-state index contributed by atoms with van der Waals surface area (Å²) in [7, 11) is -1.34. The summed E-state index contributed by atoms with van der Waals surface area (Å²) in [6.45, 7) is 7.69. The topological polar surface area (TPSA) is 476 Å². The minimum atomic E-state index is -1.59. The van der Waals surface area contributed by atoms with Crippen molar-refractivity contribution in [2.45, 2.75) is 108 Å². The number of benzene rings is 1. The highest BCUT2D eigenvalue weighted by Gasteiger charge is 2.36. The number of thiazole rings is 3. The number of anilines is 1. The molecule has 1 unspecified atom stereocenters. The van der Waals surface area contributed by atoms with Gasteiger partial charge in [-0.15, -0.1) is 34.0 Å². The first kappa shape index (κ1) is 71.5. The van der Waals surface area contributed by atoms with Crippen molar-refractivity contribution in [3.8, 4) is 21.4 Å². The van der Waals surface area contributed by atoms with Crippen molar-refractivity contribution < 1.29 is 42.9 Å². The standard InChI is InChI=1S/C57H82N20O9S4/c1-32-46(76-50(77-48(32)61)39(25-44(60)78)68-27-36(59)49(62)80)55(85)73-40(24-35-26-65-31-69-35)54(84)72-38(23-34-11-5-4-6-12-34)47(79)33(2)51(81)71-37(14-22-90(3)86)52(82)67-21-13-45-70-42(29-87-45)56-75-43(30-89-56)57-74-41(28-88-57)53(83)66-20-10-19-64-17-8-7-16-63-18-9-15-58/h4-6,11-12,26,28-31,33,36-40,47,63-64,68,79H,7-10,13-25,27,58-59H2,1-3H3,(H2,60,78)(H2,62,80)(H,65,69)(H,66,83)(H,67,82)(H,71,81)(H,72,84)(H,73,85)(H2,61,76,77)/t33-,36-,37-,38+,39-,40-,47-,90?/m0/s1. The number of hydrogen-bond donors (Lipinski definition) is 15. The van der Waals surface area contributed by atoms with Crippen LogP contribution in [-0.2, 0) is 54.0 Å². The van der Waals surface area contributed by atoms with Gasteiger partial charge in [-0.25, -0.2) is 29.9 Å². The van der Waals surface area contributed by atoms with Gasteiger partial charge in [0.1, 0.15) is 56.5 Å². The number of hydrogen-bond acceptors (Lipinski definition) is 24. The van der Waals surface area contributed by atoms with Crippen LogP contribution in [0, 0.1) is 12.8 Å². The van der Waals surface area contributed by atoms with E-state index in [1.165, 1.54) is 66.6 Å². The number of nitrogens with one attached hydrogen (secondary N) is 9. The van der Waals surface area contributed by atoms with Crippen molar-refractivity contribution >= 4 is 92.0 Å². The van der Waals surface area contributed by atoms with Crippen molar-refractivity contribution in [1.82, 2.24) is 77.4 Å². The van der Waals surface area contributed by atoms with Crippen LogP contribution in [0.1, 0.15) is 100 Å². The van der Waals surface area contributed by atoms with Crippen LogP contribution in [0.5, 0.6) is 0 Å². The Balaban J connectivity index is 1.06. The lowest BCUT2D eigenvalue weighted by Gasteiger charge is -2.31. The third-order valence-corrected chi connectivity index (χ3v) is 17.6. The molecule has 0 aliphatic rings. The Bertz CT molecular complexity index is 3310. The highest BCUT2D eigenvalue weighted by molar-refractivity contribution is 7.84. The fraction of sp³-hybridized carbons (Fsp3) is 0.491. The van der Waals surface area contributed by atoms with Gasteiger partial charge in [0, 0.05) is 95.3 Å². The molecule has 0 saturated heterocycles. The smallest absolute Gasteiger partial charge is 0.271 e. The van der Waals surface area contributed by atoms with Crippen molar-refractivity contribution in [2.75, 3.05) is 70.1 Å². The molecule has 33 heteroatoms. The van der Waals surface area contributed by atoms with Gasteiger partial charge in [0.25, 0.3) is 11.8 Å². The fourth-order valence-corrected chi connectivity index (χ4v) is 12.0. The molecule has 6 aromatic rings. The second kappa shape index (κ2) is 36.9. The van der Waals surface area contributed by atoms with Crippen molar-refractivity contribution in [3.05, 3.63) is 98.0 Å². The SMILES string of the molecule is Cc1c(N)nc([C@H](CC(N)=O)NC[C@H](N)C(N)=O)nc1C(=O)N[C@@H](Cc1cnc[nH]1)C(=O)N[C@H](Cc1ccccc1)[C@@H](O)[C@H](C)C(=O)N[C@@H](CCS(C)=O)C(=O)NCCc1nc(-c2nc(-c3nc(C(=O)NCCCNCCCCNCCCN)cs3)cs2)cs1. The minimum Gasteiger partial charge on any atom is -0.390 e. The van der Waals surface area contributed by atoms with Crippen LogP contribution in [0.15, 0.2) is 59.0 Å². The lowest BCUT2D eigenvalue weighted by Crippen LogP contribution is -2.57. The van der Waals surface area contributed by atoms with Gasteiger partial charge in [0.15, 0.2) is 0 Å². The number of aliphatic hydroxyl groups is 1. The number of amides is 7. The van der Waals surface area contributed by atoms with Crippen LogP contribution in [-0.4, -0.2) is 180 Å². The summed E-state index contributed by atoms with van der Waals surface area (Å²) in [6, 6.07) is 2.91. The maximum absolute atomic E-state index is 14.6. The predicted molar refractivity (Wildman–Crippen MR) is 346 cm³/mol. The minimum absolute atomic E-state index is 0.000151. The molecule has 0 aliphatic carbocycles. The monoisotopic (exact) mass is 1320 g/mol. The molecule has 5 heterocycles. The summed E-state index contributed by atoms with van der Waals surface area (Å²) in [5.41, 5.74) is 31.0. The van der Waals surface area contributed by atoms with Gasteiger partial charge in [0.2, 0.25) is 29.5 Å². The van der Waals surface area contributed by atoms with E-state index in [0.29, 0.717) is 62.9 Å². The van der Waals surface area contributed by atoms with Gasteiger partial charge < -0.3 is 81.3 Å². The van der Waals surface area contributed by atoms with Crippen LogP contribution >= 0.6 is 34.0 Å². The van der Waals surface area contributed by atoms with Gasteiger partial charge in [0.05, 0.1) is 41.5 Å². The number of nitrogens with two attached hydrogens (primary N) is 5. The number of nitrogen functional groups attached to an aromatic ring is 1. The highest BCUT2D eigenvalue weighted by Crippen LogP contribution is 2.31. The number of rotatable bonds is 41. The number of aromatic amines is 1. The van der Waals surface area contributed by atoms with E-state index in [1.807, 2.05) is 10.8 Å². The Morgan fingerprint density at radius 2 is 1.43 bits per heavy atom. The van der Waals surface area contributed by atoms with E-state index in [-0.39, 0.29) is 73.3 Å². The molecule has 20 N–H and O–H groups in total. The zero-order chi connectivity index (χ0) is 65.1. The Morgan fingerprint density at radius 3 is 2.12 bits per heavy atom. The number of imidazole rings is 1. The molecular formula is C57H82N20O9S4. The number of aromatic nitrogens is 7. The number of nitrogens with zero attached hydrogens (tertiary/aromatic N) is 6. The second-order valence-corrected chi connectivity index (χ2v) is 25.5. The summed E-state index contributed by atoms with van der Waals surface area (Å²) in [6.07, 6.45) is 6.45. The van der Waals surface area contributed by atoms with Crippen LogP contribution in [0.2, 0.25) is 0 Å². The van der Waals surface area contributed by atoms with Gasteiger partial charge >= 0.3 is 0 Å². The maximum Gasteiger partial charge on any atom is 0.271 e. The molecule has 0 saturated carbocycles. The van der Waals surface area contributed by atoms with Gasteiger partial charge in [-0.1, -0.05) is 37.3 Å². The third-order valence-electron chi connectivity index (χ3n) is 14.2. The molecule has 90 heavy (non-hydrogen) atoms. The fourth-order valence-electron chi connectivity index (χ4n) is 8.98. The second-order valence-electron chi connectivity index (χ2n) is 21.3. The molecule has 0 fully saturated rings. The molecule has 6 rings (SSSR count). The summed E-state index contributed by atoms with van der Waals surface area (Å²) in [5.74, 6) is -6.29. The first-order valence-corrected chi connectivity index (χ1v) is 33.7. The molecule has 0 radical (unpaired) electrons. The van der Waals surface area contributed by atoms with Crippen molar-refractivity contribution in [2.24, 2.45) is 28.9 Å².